The smallest absolute Gasteiger partial charge is 0.225 e. The number of hydrogen-bond donors (Lipinski definition) is 2. The van der Waals surface area contributed by atoms with E-state index in [1.165, 1.54) is 0 Å². The molecule has 0 unspecified atom stereocenters. The molecule has 1 amide bonds. The summed E-state index contributed by atoms with van der Waals surface area (Å²) >= 11 is 5.73. The number of rotatable bonds is 3. The van der Waals surface area contributed by atoms with Crippen LogP contribution in [0.15, 0.2) is 30.5 Å². The summed E-state index contributed by atoms with van der Waals surface area (Å²) < 4.78 is 11.9. The molecule has 6 nitrogen and oxygen atoms in total. The van der Waals surface area contributed by atoms with E-state index in [-0.39, 0.29) is 24.0 Å². The fraction of sp³-hybridized carbons (Fsp3) is 0.294. The van der Waals surface area contributed by atoms with Gasteiger partial charge in [-0.25, -0.2) is 9.82 Å². The lowest BCUT2D eigenvalue weighted by atomic mass is 10.1. The van der Waals surface area contributed by atoms with Gasteiger partial charge < -0.3 is 14.8 Å². The molecule has 1 fully saturated rings. The second-order valence-electron chi connectivity index (χ2n) is 6.23. The number of benzene rings is 1. The van der Waals surface area contributed by atoms with Gasteiger partial charge in [0.2, 0.25) is 5.91 Å². The number of pyridine rings is 1. The monoisotopic (exact) mass is 343 g/mol. The molecule has 1 aromatic heterocycles. The van der Waals surface area contributed by atoms with Gasteiger partial charge in [0.15, 0.2) is 0 Å². The summed E-state index contributed by atoms with van der Waals surface area (Å²) in [4.78, 5) is 18.5. The Labute approximate surface area is 143 Å². The molecule has 3 heterocycles. The zero-order valence-corrected chi connectivity index (χ0v) is 13.3. The molecule has 3 aliphatic rings. The number of fused-ring (bicyclic) bond motifs is 4. The third-order valence-electron chi connectivity index (χ3n) is 4.78. The zero-order valence-electron chi connectivity index (χ0n) is 12.6. The maximum Gasteiger partial charge on any atom is 0.225 e. The van der Waals surface area contributed by atoms with Crippen molar-refractivity contribution in [3.63, 3.8) is 0 Å². The normalized spacial score (nSPS) is 25.9. The van der Waals surface area contributed by atoms with Crippen molar-refractivity contribution in [2.75, 3.05) is 5.32 Å². The van der Waals surface area contributed by atoms with Crippen LogP contribution in [0, 0.1) is 0 Å². The molecule has 24 heavy (non-hydrogen) atoms. The lowest BCUT2D eigenvalue weighted by Gasteiger charge is -2.19. The highest BCUT2D eigenvalue weighted by atomic mass is 35.5. The van der Waals surface area contributed by atoms with Gasteiger partial charge in [-0.3, -0.25) is 4.79 Å². The average Bonchev–Trinajstić information content (AvgIpc) is 3.16. The van der Waals surface area contributed by atoms with Crippen LogP contribution in [0.25, 0.3) is 0 Å². The van der Waals surface area contributed by atoms with Gasteiger partial charge in [0, 0.05) is 29.7 Å². The second-order valence-corrected chi connectivity index (χ2v) is 6.45. The van der Waals surface area contributed by atoms with Crippen LogP contribution >= 0.6 is 11.8 Å². The lowest BCUT2D eigenvalue weighted by Crippen LogP contribution is -2.20. The van der Waals surface area contributed by atoms with Crippen LogP contribution in [0.3, 0.4) is 0 Å². The minimum Gasteiger partial charge on any atom is -0.488 e. The standard InChI is InChI=1S/C17H14ClN3O3/c18-21-15-14-10-7-8(1-3-11(10)24-16(14)15)23-12-5-6-19-17-9(12)2-4-13(22)20-17/h1,3,5-7,14-16,21H,2,4H2,(H,19,20,22)/t14-,15-,16-/m0/s1. The lowest BCUT2D eigenvalue weighted by molar-refractivity contribution is -0.116. The van der Waals surface area contributed by atoms with Crippen LogP contribution in [0.1, 0.15) is 23.5 Å². The number of halogens is 1. The summed E-state index contributed by atoms with van der Waals surface area (Å²) in [6.45, 7) is 0. The van der Waals surface area contributed by atoms with E-state index >= 15 is 0 Å². The molecular formula is C17H14ClN3O3. The van der Waals surface area contributed by atoms with E-state index in [0.717, 1.165) is 28.4 Å². The van der Waals surface area contributed by atoms with Crippen LogP contribution in [0.5, 0.6) is 17.2 Å². The van der Waals surface area contributed by atoms with Crippen molar-refractivity contribution in [1.82, 2.24) is 9.82 Å². The molecule has 5 rings (SSSR count). The van der Waals surface area contributed by atoms with Crippen molar-refractivity contribution in [2.24, 2.45) is 0 Å². The van der Waals surface area contributed by atoms with Crippen molar-refractivity contribution in [3.05, 3.63) is 41.6 Å². The first kappa shape index (κ1) is 14.1. The number of carbonyl (C=O) groups is 1. The van der Waals surface area contributed by atoms with E-state index in [2.05, 4.69) is 15.1 Å². The number of aromatic nitrogens is 1. The SMILES string of the molecule is O=C1CCc2c(Oc3ccc4c(c3)[C@H]3[C@H](NCl)[C@H]3O4)ccnc2N1. The van der Waals surface area contributed by atoms with Crippen molar-refractivity contribution in [2.45, 2.75) is 30.9 Å². The van der Waals surface area contributed by atoms with Crippen molar-refractivity contribution in [3.8, 4) is 17.2 Å². The molecular weight excluding hydrogens is 330 g/mol. The van der Waals surface area contributed by atoms with Gasteiger partial charge in [-0.05, 0) is 42.5 Å². The van der Waals surface area contributed by atoms with Crippen molar-refractivity contribution in [1.29, 1.82) is 0 Å². The quantitative estimate of drug-likeness (QED) is 0.838. The predicted molar refractivity (Wildman–Crippen MR) is 87.6 cm³/mol. The Balaban J connectivity index is 1.45. The minimum absolute atomic E-state index is 0.0128. The average molecular weight is 344 g/mol. The molecule has 1 saturated carbocycles. The van der Waals surface area contributed by atoms with Gasteiger partial charge in [0.25, 0.3) is 0 Å². The van der Waals surface area contributed by atoms with E-state index in [4.69, 9.17) is 21.3 Å². The van der Waals surface area contributed by atoms with Gasteiger partial charge in [-0.15, -0.1) is 0 Å². The molecule has 3 atom stereocenters. The Bertz CT molecular complexity index is 857. The second kappa shape index (κ2) is 5.09. The topological polar surface area (TPSA) is 72.5 Å². The van der Waals surface area contributed by atoms with E-state index in [1.54, 1.807) is 6.20 Å². The molecule has 2 aliphatic heterocycles. The molecule has 2 aromatic rings. The van der Waals surface area contributed by atoms with E-state index in [1.807, 2.05) is 24.3 Å². The number of amides is 1. The van der Waals surface area contributed by atoms with E-state index in [9.17, 15) is 4.79 Å². The highest BCUT2D eigenvalue weighted by molar-refractivity contribution is 6.14. The maximum atomic E-state index is 11.5. The van der Waals surface area contributed by atoms with Gasteiger partial charge in [0.1, 0.15) is 29.2 Å². The fourth-order valence-corrected chi connectivity index (χ4v) is 3.77. The molecule has 0 spiro atoms. The summed E-state index contributed by atoms with van der Waals surface area (Å²) in [5, 5.41) is 2.78. The first-order chi connectivity index (χ1) is 11.7. The molecule has 0 radical (unpaired) electrons. The van der Waals surface area contributed by atoms with Crippen LogP contribution in [-0.4, -0.2) is 23.0 Å². The first-order valence-corrected chi connectivity index (χ1v) is 8.25. The van der Waals surface area contributed by atoms with Crippen molar-refractivity contribution < 1.29 is 14.3 Å². The van der Waals surface area contributed by atoms with Gasteiger partial charge >= 0.3 is 0 Å². The third kappa shape index (κ3) is 2.07. The summed E-state index contributed by atoms with van der Waals surface area (Å²) in [5.74, 6) is 3.21. The maximum absolute atomic E-state index is 11.5. The Kier molecular flexibility index (Phi) is 2.98. The Hall–Kier alpha value is -2.31. The number of carbonyl (C=O) groups excluding carboxylic acids is 1. The highest BCUT2D eigenvalue weighted by Crippen LogP contribution is 2.54. The molecule has 1 aromatic carbocycles. The van der Waals surface area contributed by atoms with Crippen molar-refractivity contribution >= 4 is 23.5 Å². The molecule has 0 saturated heterocycles. The zero-order chi connectivity index (χ0) is 16.3. The largest absolute Gasteiger partial charge is 0.488 e. The van der Waals surface area contributed by atoms with Gasteiger partial charge in [-0.2, -0.15) is 0 Å². The van der Waals surface area contributed by atoms with Gasteiger partial charge in [-0.1, -0.05) is 0 Å². The molecule has 122 valence electrons. The first-order valence-electron chi connectivity index (χ1n) is 7.87. The molecule has 7 heteroatoms. The van der Waals surface area contributed by atoms with Crippen LogP contribution in [-0.2, 0) is 11.2 Å². The Morgan fingerprint density at radius 1 is 1.33 bits per heavy atom. The number of hydrogen-bond acceptors (Lipinski definition) is 5. The Morgan fingerprint density at radius 2 is 2.25 bits per heavy atom. The number of nitrogens with zero attached hydrogens (tertiary/aromatic N) is 1. The molecule has 0 bridgehead atoms. The summed E-state index contributed by atoms with van der Waals surface area (Å²) in [5.41, 5.74) is 2.05. The molecule has 1 aliphatic carbocycles. The number of ether oxygens (including phenoxy) is 2. The minimum atomic E-state index is -0.0128. The summed E-state index contributed by atoms with van der Waals surface area (Å²) in [7, 11) is 0. The highest BCUT2D eigenvalue weighted by Gasteiger charge is 2.58. The van der Waals surface area contributed by atoms with E-state index < -0.39 is 0 Å². The fourth-order valence-electron chi connectivity index (χ4n) is 3.51. The Morgan fingerprint density at radius 3 is 3.12 bits per heavy atom. The summed E-state index contributed by atoms with van der Waals surface area (Å²) in [6.07, 6.45) is 2.83. The molecule has 2 N–H and O–H groups in total. The van der Waals surface area contributed by atoms with Crippen LogP contribution in [0.2, 0.25) is 0 Å². The van der Waals surface area contributed by atoms with Crippen LogP contribution in [0.4, 0.5) is 5.82 Å². The van der Waals surface area contributed by atoms with Crippen LogP contribution < -0.4 is 19.6 Å². The summed E-state index contributed by atoms with van der Waals surface area (Å²) in [6, 6.07) is 7.81. The third-order valence-corrected chi connectivity index (χ3v) is 5.04. The predicted octanol–water partition coefficient (Wildman–Crippen LogP) is 2.73. The number of nitrogens with one attached hydrogen (secondary N) is 2. The van der Waals surface area contributed by atoms with Gasteiger partial charge in [0.05, 0.1) is 6.04 Å². The van der Waals surface area contributed by atoms with E-state index in [0.29, 0.717) is 18.7 Å². The number of anilines is 1.